The quantitative estimate of drug-likeness (QED) is 0.822. The van der Waals surface area contributed by atoms with E-state index in [0.717, 1.165) is 6.04 Å². The van der Waals surface area contributed by atoms with Gasteiger partial charge >= 0.3 is 0 Å². The Morgan fingerprint density at radius 1 is 1.56 bits per heavy atom. The summed E-state index contributed by atoms with van der Waals surface area (Å²) >= 11 is 0. The Morgan fingerprint density at radius 2 is 2.25 bits per heavy atom. The van der Waals surface area contributed by atoms with Crippen molar-refractivity contribution in [3.63, 3.8) is 0 Å². The summed E-state index contributed by atoms with van der Waals surface area (Å²) in [6.45, 7) is 4.94. The molecule has 1 heterocycles. The number of likely N-dealkylation sites (N-methyl/N-ethyl adjacent to an activating group) is 1. The van der Waals surface area contributed by atoms with Crippen LogP contribution in [0.25, 0.3) is 0 Å². The minimum absolute atomic E-state index is 0.319. The van der Waals surface area contributed by atoms with Gasteiger partial charge in [-0.3, -0.25) is 9.58 Å². The van der Waals surface area contributed by atoms with Crippen molar-refractivity contribution in [1.29, 1.82) is 0 Å². The summed E-state index contributed by atoms with van der Waals surface area (Å²) < 4.78 is 2.00. The topological polar surface area (TPSA) is 47.1 Å². The van der Waals surface area contributed by atoms with Crippen molar-refractivity contribution in [2.45, 2.75) is 44.8 Å². The number of rotatable bonds is 5. The van der Waals surface area contributed by atoms with Crippen molar-refractivity contribution in [3.05, 3.63) is 18.0 Å². The third kappa shape index (κ3) is 2.28. The summed E-state index contributed by atoms with van der Waals surface area (Å²) in [7, 11) is 2.17. The second-order valence-corrected chi connectivity index (χ2v) is 5.00. The maximum absolute atomic E-state index is 5.88. The van der Waals surface area contributed by atoms with E-state index in [2.05, 4.69) is 37.1 Å². The van der Waals surface area contributed by atoms with Crippen LogP contribution >= 0.6 is 0 Å². The lowest BCUT2D eigenvalue weighted by Gasteiger charge is -2.25. The number of aromatic nitrogens is 2. The maximum atomic E-state index is 5.88. The molecule has 90 valence electrons. The van der Waals surface area contributed by atoms with Crippen LogP contribution < -0.4 is 5.73 Å². The molecule has 0 amide bonds. The third-order valence-electron chi connectivity index (χ3n) is 3.37. The van der Waals surface area contributed by atoms with Gasteiger partial charge in [0.25, 0.3) is 0 Å². The average molecular weight is 222 g/mol. The van der Waals surface area contributed by atoms with E-state index in [0.29, 0.717) is 18.6 Å². The first-order valence-electron chi connectivity index (χ1n) is 6.09. The van der Waals surface area contributed by atoms with Crippen LogP contribution in [0.3, 0.4) is 0 Å². The van der Waals surface area contributed by atoms with E-state index in [1.165, 1.54) is 18.4 Å². The molecule has 1 aliphatic carbocycles. The predicted molar refractivity (Wildman–Crippen MR) is 65.2 cm³/mol. The molecule has 4 heteroatoms. The number of nitrogens with zero attached hydrogens (tertiary/aromatic N) is 3. The summed E-state index contributed by atoms with van der Waals surface area (Å²) in [5.74, 6) is 0. The highest BCUT2D eigenvalue weighted by Gasteiger charge is 2.31. The molecule has 0 spiro atoms. The molecule has 1 aromatic rings. The van der Waals surface area contributed by atoms with E-state index in [-0.39, 0.29) is 0 Å². The highest BCUT2D eigenvalue weighted by Crippen LogP contribution is 2.32. The molecule has 16 heavy (non-hydrogen) atoms. The second-order valence-electron chi connectivity index (χ2n) is 5.00. The van der Waals surface area contributed by atoms with Gasteiger partial charge in [0, 0.05) is 30.4 Å². The Hall–Kier alpha value is -0.870. The Balaban J connectivity index is 2.12. The van der Waals surface area contributed by atoms with Crippen LogP contribution in [0, 0.1) is 0 Å². The van der Waals surface area contributed by atoms with Gasteiger partial charge in [0.05, 0.1) is 12.2 Å². The fourth-order valence-corrected chi connectivity index (χ4v) is 2.08. The van der Waals surface area contributed by atoms with Crippen LogP contribution in [0.15, 0.2) is 12.4 Å². The first-order chi connectivity index (χ1) is 7.63. The zero-order chi connectivity index (χ0) is 11.7. The SMILES string of the molecule is CC(C)n1cc(C(CN)N(C)C2CC2)cn1. The van der Waals surface area contributed by atoms with Gasteiger partial charge in [-0.2, -0.15) is 5.10 Å². The fourth-order valence-electron chi connectivity index (χ4n) is 2.08. The van der Waals surface area contributed by atoms with Crippen molar-refractivity contribution in [3.8, 4) is 0 Å². The molecule has 4 nitrogen and oxygen atoms in total. The van der Waals surface area contributed by atoms with Gasteiger partial charge in [-0.15, -0.1) is 0 Å². The van der Waals surface area contributed by atoms with Gasteiger partial charge in [-0.05, 0) is 33.7 Å². The Kier molecular flexibility index (Phi) is 3.30. The van der Waals surface area contributed by atoms with E-state index >= 15 is 0 Å². The normalized spacial score (nSPS) is 18.4. The molecular weight excluding hydrogens is 200 g/mol. The lowest BCUT2D eigenvalue weighted by Crippen LogP contribution is -2.31. The second kappa shape index (κ2) is 4.55. The zero-order valence-corrected chi connectivity index (χ0v) is 10.4. The summed E-state index contributed by atoms with van der Waals surface area (Å²) in [6, 6.07) is 1.47. The molecule has 1 fully saturated rings. The minimum atomic E-state index is 0.319. The van der Waals surface area contributed by atoms with Crippen molar-refractivity contribution < 1.29 is 0 Å². The van der Waals surface area contributed by atoms with Crippen LogP contribution in [0.1, 0.15) is 44.3 Å². The molecule has 0 aromatic carbocycles. The van der Waals surface area contributed by atoms with Crippen LogP contribution in [-0.2, 0) is 0 Å². The van der Waals surface area contributed by atoms with E-state index in [9.17, 15) is 0 Å². The predicted octanol–water partition coefficient (Wildman–Crippen LogP) is 1.56. The van der Waals surface area contributed by atoms with Crippen LogP contribution in [0.2, 0.25) is 0 Å². The average Bonchev–Trinajstić information content (AvgIpc) is 2.99. The third-order valence-corrected chi connectivity index (χ3v) is 3.37. The van der Waals surface area contributed by atoms with Crippen LogP contribution in [0.5, 0.6) is 0 Å². The number of hydrogen-bond acceptors (Lipinski definition) is 3. The molecule has 1 saturated carbocycles. The van der Waals surface area contributed by atoms with Crippen LogP contribution in [-0.4, -0.2) is 34.3 Å². The molecule has 0 saturated heterocycles. The van der Waals surface area contributed by atoms with E-state index < -0.39 is 0 Å². The van der Waals surface area contributed by atoms with Gasteiger partial charge in [-0.1, -0.05) is 0 Å². The highest BCUT2D eigenvalue weighted by atomic mass is 15.3. The van der Waals surface area contributed by atoms with Gasteiger partial charge < -0.3 is 5.73 Å². The fraction of sp³-hybridized carbons (Fsp3) is 0.750. The Morgan fingerprint density at radius 3 is 2.69 bits per heavy atom. The Labute approximate surface area is 97.4 Å². The first-order valence-corrected chi connectivity index (χ1v) is 6.09. The summed E-state index contributed by atoms with van der Waals surface area (Å²) in [4.78, 5) is 2.39. The van der Waals surface area contributed by atoms with Gasteiger partial charge in [0.2, 0.25) is 0 Å². The standard InChI is InChI=1S/C12H22N4/c1-9(2)16-8-10(7-14-16)12(6-13)15(3)11-4-5-11/h7-9,11-12H,4-6,13H2,1-3H3. The summed E-state index contributed by atoms with van der Waals surface area (Å²) in [5.41, 5.74) is 7.12. The molecule has 1 unspecified atom stereocenters. The number of nitrogens with two attached hydrogens (primary N) is 1. The van der Waals surface area contributed by atoms with Crippen LogP contribution in [0.4, 0.5) is 0 Å². The highest BCUT2D eigenvalue weighted by molar-refractivity contribution is 5.12. The zero-order valence-electron chi connectivity index (χ0n) is 10.4. The molecule has 2 N–H and O–H groups in total. The van der Waals surface area contributed by atoms with Gasteiger partial charge in [0.1, 0.15) is 0 Å². The largest absolute Gasteiger partial charge is 0.329 e. The van der Waals surface area contributed by atoms with E-state index in [4.69, 9.17) is 5.73 Å². The molecule has 0 radical (unpaired) electrons. The lowest BCUT2D eigenvalue weighted by atomic mass is 10.1. The van der Waals surface area contributed by atoms with Gasteiger partial charge in [-0.25, -0.2) is 0 Å². The summed E-state index contributed by atoms with van der Waals surface area (Å²) in [5, 5.41) is 4.38. The maximum Gasteiger partial charge on any atom is 0.0538 e. The number of hydrogen-bond donors (Lipinski definition) is 1. The van der Waals surface area contributed by atoms with E-state index in [1.807, 2.05) is 10.9 Å². The van der Waals surface area contributed by atoms with Crippen molar-refractivity contribution in [1.82, 2.24) is 14.7 Å². The van der Waals surface area contributed by atoms with Crippen molar-refractivity contribution in [2.75, 3.05) is 13.6 Å². The molecule has 0 bridgehead atoms. The lowest BCUT2D eigenvalue weighted by molar-refractivity contribution is 0.240. The summed E-state index contributed by atoms with van der Waals surface area (Å²) in [6.07, 6.45) is 6.70. The molecular formula is C12H22N4. The van der Waals surface area contributed by atoms with E-state index in [1.54, 1.807) is 0 Å². The van der Waals surface area contributed by atoms with Gasteiger partial charge in [0.15, 0.2) is 0 Å². The molecule has 1 aliphatic rings. The smallest absolute Gasteiger partial charge is 0.0538 e. The molecule has 1 aromatic heterocycles. The molecule has 1 atom stereocenters. The first kappa shape index (κ1) is 11.6. The molecule has 0 aliphatic heterocycles. The van der Waals surface area contributed by atoms with Crippen molar-refractivity contribution in [2.24, 2.45) is 5.73 Å². The Bertz CT molecular complexity index is 341. The monoisotopic (exact) mass is 222 g/mol. The minimum Gasteiger partial charge on any atom is -0.329 e. The molecule has 2 rings (SSSR count). The van der Waals surface area contributed by atoms with Crippen molar-refractivity contribution >= 4 is 0 Å².